The van der Waals surface area contributed by atoms with Crippen LogP contribution in [-0.4, -0.2) is 17.4 Å². The number of carbonyl (C=O) groups is 2. The zero-order valence-corrected chi connectivity index (χ0v) is 19.9. The molecular weight excluding hydrogens is 430 g/mol. The molecule has 0 saturated heterocycles. The van der Waals surface area contributed by atoms with Crippen molar-refractivity contribution >= 4 is 29.1 Å². The summed E-state index contributed by atoms with van der Waals surface area (Å²) in [6.45, 7) is 6.06. The van der Waals surface area contributed by atoms with Crippen LogP contribution in [-0.2, 0) is 9.59 Å². The van der Waals surface area contributed by atoms with Gasteiger partial charge in [-0.15, -0.1) is 0 Å². The highest BCUT2D eigenvalue weighted by Gasteiger charge is 2.37. The largest absolute Gasteiger partial charge is 0.352 e. The molecule has 1 atom stereocenters. The molecule has 4 rings (SSSR count). The van der Waals surface area contributed by atoms with E-state index in [0.717, 1.165) is 40.9 Å². The lowest BCUT2D eigenvalue weighted by atomic mass is 9.77. The van der Waals surface area contributed by atoms with Crippen molar-refractivity contribution in [3.8, 4) is 6.07 Å². The van der Waals surface area contributed by atoms with Gasteiger partial charge in [-0.1, -0.05) is 47.7 Å². The Hall–Kier alpha value is -3.30. The maximum atomic E-state index is 12.9. The Morgan fingerprint density at radius 3 is 2.58 bits per heavy atom. The van der Waals surface area contributed by atoms with Crippen LogP contribution in [0.3, 0.4) is 0 Å². The van der Waals surface area contributed by atoms with Gasteiger partial charge in [-0.25, -0.2) is 0 Å². The molecule has 1 heterocycles. The van der Waals surface area contributed by atoms with Gasteiger partial charge < -0.3 is 10.6 Å². The second-order valence-corrected chi connectivity index (χ2v) is 9.61. The molecule has 0 saturated carbocycles. The third-order valence-corrected chi connectivity index (χ3v) is 7.23. The van der Waals surface area contributed by atoms with Crippen molar-refractivity contribution in [3.05, 3.63) is 86.6 Å². The van der Waals surface area contributed by atoms with Crippen LogP contribution >= 0.6 is 11.8 Å². The molecule has 0 spiro atoms. The van der Waals surface area contributed by atoms with Gasteiger partial charge in [0.1, 0.15) is 0 Å². The molecule has 0 aromatic heterocycles. The Morgan fingerprint density at radius 1 is 1.12 bits per heavy atom. The Labute approximate surface area is 199 Å². The average molecular weight is 458 g/mol. The van der Waals surface area contributed by atoms with E-state index < -0.39 is 5.92 Å². The summed E-state index contributed by atoms with van der Waals surface area (Å²) in [5.41, 5.74) is 7.18. The first kappa shape index (κ1) is 22.9. The number of hydrogen-bond acceptors (Lipinski definition) is 5. The fourth-order valence-electron chi connectivity index (χ4n) is 4.28. The van der Waals surface area contributed by atoms with E-state index in [0.29, 0.717) is 22.6 Å². The number of nitrogens with one attached hydrogen (secondary N) is 2. The van der Waals surface area contributed by atoms with Gasteiger partial charge >= 0.3 is 0 Å². The summed E-state index contributed by atoms with van der Waals surface area (Å²) in [6, 6.07) is 16.2. The van der Waals surface area contributed by atoms with Gasteiger partial charge in [0.25, 0.3) is 0 Å². The summed E-state index contributed by atoms with van der Waals surface area (Å²) in [7, 11) is 0. The third kappa shape index (κ3) is 4.89. The van der Waals surface area contributed by atoms with E-state index in [4.69, 9.17) is 0 Å². The standard InChI is InChI=1S/C27H27N3O2S/c1-16-7-10-19(11-8-16)25-21(14-28)27(30-22-5-4-6-23(31)26(22)25)33-15-24(32)29-20-12-9-17(2)18(3)13-20/h7-13,25,30H,4-6,15H2,1-3H3,(H,29,32)/t25-/m0/s1. The number of Topliss-reactive ketones (excluding diaryl/α,β-unsaturated/α-hetero) is 1. The number of thioether (sulfide) groups is 1. The quantitative estimate of drug-likeness (QED) is 0.627. The van der Waals surface area contributed by atoms with Crippen molar-refractivity contribution in [1.29, 1.82) is 5.26 Å². The van der Waals surface area contributed by atoms with Crippen LogP contribution in [0.25, 0.3) is 0 Å². The number of ketones is 1. The van der Waals surface area contributed by atoms with Crippen LogP contribution in [0.4, 0.5) is 5.69 Å². The first-order valence-electron chi connectivity index (χ1n) is 11.1. The molecule has 0 unspecified atom stereocenters. The molecule has 2 N–H and O–H groups in total. The lowest BCUT2D eigenvalue weighted by molar-refractivity contribution is -0.116. The van der Waals surface area contributed by atoms with Gasteiger partial charge in [0.15, 0.2) is 5.78 Å². The number of hydrogen-bond donors (Lipinski definition) is 2. The number of allylic oxidation sites excluding steroid dienone is 3. The number of nitrogens with zero attached hydrogens (tertiary/aromatic N) is 1. The Morgan fingerprint density at radius 2 is 1.88 bits per heavy atom. The number of anilines is 1. The van der Waals surface area contributed by atoms with E-state index in [1.165, 1.54) is 17.3 Å². The normalized spacial score (nSPS) is 17.9. The molecule has 2 aromatic carbocycles. The zero-order valence-electron chi connectivity index (χ0n) is 19.1. The van der Waals surface area contributed by atoms with Crippen molar-refractivity contribution in [2.75, 3.05) is 11.1 Å². The number of rotatable bonds is 5. The first-order chi connectivity index (χ1) is 15.9. The van der Waals surface area contributed by atoms with Crippen LogP contribution in [0.2, 0.25) is 0 Å². The zero-order chi connectivity index (χ0) is 23.5. The van der Waals surface area contributed by atoms with Crippen molar-refractivity contribution < 1.29 is 9.59 Å². The summed E-state index contributed by atoms with van der Waals surface area (Å²) in [6.07, 6.45) is 2.06. The predicted octanol–water partition coefficient (Wildman–Crippen LogP) is 5.41. The molecule has 1 aliphatic heterocycles. The molecule has 2 aromatic rings. The number of nitriles is 1. The van der Waals surface area contributed by atoms with Crippen molar-refractivity contribution in [2.24, 2.45) is 0 Å². The second-order valence-electron chi connectivity index (χ2n) is 8.63. The van der Waals surface area contributed by atoms with E-state index in [9.17, 15) is 14.9 Å². The molecule has 6 heteroatoms. The van der Waals surface area contributed by atoms with E-state index in [2.05, 4.69) is 16.7 Å². The molecule has 5 nitrogen and oxygen atoms in total. The molecule has 168 valence electrons. The smallest absolute Gasteiger partial charge is 0.234 e. The summed E-state index contributed by atoms with van der Waals surface area (Å²) in [5, 5.41) is 17.0. The first-order valence-corrected chi connectivity index (χ1v) is 12.1. The molecule has 0 fully saturated rings. The molecule has 33 heavy (non-hydrogen) atoms. The maximum absolute atomic E-state index is 12.9. The number of amides is 1. The Bertz CT molecular complexity index is 1220. The Kier molecular flexibility index (Phi) is 6.71. The molecule has 1 amide bonds. The maximum Gasteiger partial charge on any atom is 0.234 e. The van der Waals surface area contributed by atoms with Crippen molar-refractivity contribution in [3.63, 3.8) is 0 Å². The van der Waals surface area contributed by atoms with Crippen molar-refractivity contribution in [2.45, 2.75) is 46.0 Å². The van der Waals surface area contributed by atoms with Gasteiger partial charge in [0.2, 0.25) is 5.91 Å². The van der Waals surface area contributed by atoms with Crippen LogP contribution in [0, 0.1) is 32.1 Å². The molecule has 1 aliphatic carbocycles. The predicted molar refractivity (Wildman–Crippen MR) is 133 cm³/mol. The minimum Gasteiger partial charge on any atom is -0.352 e. The van der Waals surface area contributed by atoms with E-state index in [-0.39, 0.29) is 17.4 Å². The second kappa shape index (κ2) is 9.68. The number of dihydropyridines is 1. The van der Waals surface area contributed by atoms with E-state index in [1.54, 1.807) is 0 Å². The minimum absolute atomic E-state index is 0.0959. The highest BCUT2D eigenvalue weighted by molar-refractivity contribution is 8.03. The SMILES string of the molecule is Cc1ccc([C@H]2C(C#N)=C(SCC(=O)Nc3ccc(C)c(C)c3)NC3=C2C(=O)CCC3)cc1. The van der Waals surface area contributed by atoms with Crippen LogP contribution in [0.1, 0.15) is 47.4 Å². The molecule has 0 bridgehead atoms. The highest BCUT2D eigenvalue weighted by atomic mass is 32.2. The molecular formula is C27H27N3O2S. The van der Waals surface area contributed by atoms with Crippen LogP contribution in [0.5, 0.6) is 0 Å². The van der Waals surface area contributed by atoms with Gasteiger partial charge in [0, 0.05) is 23.4 Å². The number of aryl methyl sites for hydroxylation is 3. The number of carbonyl (C=O) groups excluding carboxylic acids is 2. The summed E-state index contributed by atoms with van der Waals surface area (Å²) >= 11 is 1.31. The third-order valence-electron chi connectivity index (χ3n) is 6.21. The fraction of sp³-hybridized carbons (Fsp3) is 0.296. The van der Waals surface area contributed by atoms with E-state index in [1.807, 2.05) is 63.2 Å². The molecule has 0 radical (unpaired) electrons. The van der Waals surface area contributed by atoms with Gasteiger partial charge in [-0.2, -0.15) is 5.26 Å². The van der Waals surface area contributed by atoms with Gasteiger partial charge in [-0.05, 0) is 62.4 Å². The lowest BCUT2D eigenvalue weighted by Crippen LogP contribution is -2.31. The molecule has 2 aliphatic rings. The number of benzene rings is 2. The summed E-state index contributed by atoms with van der Waals surface area (Å²) in [4.78, 5) is 25.5. The fourth-order valence-corrected chi connectivity index (χ4v) is 5.15. The van der Waals surface area contributed by atoms with E-state index >= 15 is 0 Å². The minimum atomic E-state index is -0.398. The highest BCUT2D eigenvalue weighted by Crippen LogP contribution is 2.44. The topological polar surface area (TPSA) is 82.0 Å². The summed E-state index contributed by atoms with van der Waals surface area (Å²) < 4.78 is 0. The lowest BCUT2D eigenvalue weighted by Gasteiger charge is -2.33. The van der Waals surface area contributed by atoms with Crippen LogP contribution < -0.4 is 10.6 Å². The van der Waals surface area contributed by atoms with Crippen LogP contribution in [0.15, 0.2) is 64.3 Å². The average Bonchev–Trinajstić information content (AvgIpc) is 2.80. The van der Waals surface area contributed by atoms with Crippen molar-refractivity contribution in [1.82, 2.24) is 5.32 Å². The monoisotopic (exact) mass is 457 g/mol. The van der Waals surface area contributed by atoms with Gasteiger partial charge in [-0.3, -0.25) is 9.59 Å². The summed E-state index contributed by atoms with van der Waals surface area (Å²) in [5.74, 6) is -0.276. The Balaban J connectivity index is 1.59. The van der Waals surface area contributed by atoms with Gasteiger partial charge in [0.05, 0.1) is 28.3 Å².